The average Bonchev–Trinajstić information content (AvgIpc) is 2.53. The van der Waals surface area contributed by atoms with Gasteiger partial charge in [-0.15, -0.1) is 0 Å². The third kappa shape index (κ3) is 4.90. The van der Waals surface area contributed by atoms with E-state index in [1.54, 1.807) is 56.3 Å². The third-order valence-electron chi connectivity index (χ3n) is 3.83. The van der Waals surface area contributed by atoms with Crippen LogP contribution < -0.4 is 9.62 Å². The standard InChI is InChI=1S/C18H20Cl2N2O3S/c1-4-16(18(23)21-15-7-5-6-13(19)10-15)22(26(3,24)25)17-11-14(20)9-8-12(17)2/h5-11,16H,4H2,1-3H3,(H,21,23)/t16-/m0/s1. The van der Waals surface area contributed by atoms with Crippen LogP contribution >= 0.6 is 23.2 Å². The van der Waals surface area contributed by atoms with Gasteiger partial charge < -0.3 is 5.32 Å². The van der Waals surface area contributed by atoms with Crippen LogP contribution in [0.25, 0.3) is 0 Å². The van der Waals surface area contributed by atoms with Crippen molar-refractivity contribution in [3.63, 3.8) is 0 Å². The van der Waals surface area contributed by atoms with Gasteiger partial charge in [-0.1, -0.05) is 42.3 Å². The van der Waals surface area contributed by atoms with Crippen molar-refractivity contribution < 1.29 is 13.2 Å². The number of hydrogen-bond donors (Lipinski definition) is 1. The molecule has 0 aromatic heterocycles. The van der Waals surface area contributed by atoms with Gasteiger partial charge in [-0.2, -0.15) is 0 Å². The normalized spacial score (nSPS) is 12.5. The Hall–Kier alpha value is -1.76. The fourth-order valence-corrected chi connectivity index (χ4v) is 4.26. The number of carbonyl (C=O) groups is 1. The van der Waals surface area contributed by atoms with Gasteiger partial charge in [-0.3, -0.25) is 9.10 Å². The molecule has 0 spiro atoms. The third-order valence-corrected chi connectivity index (χ3v) is 5.47. The number of hydrogen-bond acceptors (Lipinski definition) is 3. The molecule has 0 radical (unpaired) electrons. The molecule has 0 aliphatic heterocycles. The molecule has 2 aromatic rings. The van der Waals surface area contributed by atoms with Crippen LogP contribution in [0.1, 0.15) is 18.9 Å². The molecule has 0 saturated carbocycles. The highest BCUT2D eigenvalue weighted by molar-refractivity contribution is 7.92. The zero-order valence-corrected chi connectivity index (χ0v) is 17.0. The van der Waals surface area contributed by atoms with Gasteiger partial charge >= 0.3 is 0 Å². The van der Waals surface area contributed by atoms with Crippen LogP contribution in [0.15, 0.2) is 42.5 Å². The lowest BCUT2D eigenvalue weighted by Gasteiger charge is -2.31. The minimum atomic E-state index is -3.73. The van der Waals surface area contributed by atoms with Crippen molar-refractivity contribution in [3.05, 3.63) is 58.1 Å². The van der Waals surface area contributed by atoms with Crippen molar-refractivity contribution in [2.24, 2.45) is 0 Å². The van der Waals surface area contributed by atoms with Gasteiger partial charge in [0, 0.05) is 15.7 Å². The first-order valence-electron chi connectivity index (χ1n) is 7.95. The van der Waals surface area contributed by atoms with Gasteiger partial charge in [0.05, 0.1) is 11.9 Å². The molecule has 8 heteroatoms. The highest BCUT2D eigenvalue weighted by atomic mass is 35.5. The Balaban J connectivity index is 2.44. The first-order chi connectivity index (χ1) is 12.1. The van der Waals surface area contributed by atoms with Gasteiger partial charge in [-0.25, -0.2) is 8.42 Å². The van der Waals surface area contributed by atoms with E-state index >= 15 is 0 Å². The monoisotopic (exact) mass is 414 g/mol. The Kier molecular flexibility index (Phi) is 6.55. The maximum absolute atomic E-state index is 12.8. The van der Waals surface area contributed by atoms with E-state index in [1.165, 1.54) is 0 Å². The topological polar surface area (TPSA) is 66.5 Å². The lowest BCUT2D eigenvalue weighted by atomic mass is 10.1. The number of halogens is 2. The summed E-state index contributed by atoms with van der Waals surface area (Å²) in [4.78, 5) is 12.8. The SMILES string of the molecule is CC[C@@H](C(=O)Nc1cccc(Cl)c1)N(c1cc(Cl)ccc1C)S(C)(=O)=O. The molecule has 0 bridgehead atoms. The number of aryl methyl sites for hydroxylation is 1. The number of amides is 1. The number of carbonyl (C=O) groups excluding carboxylic acids is 1. The van der Waals surface area contributed by atoms with Crippen LogP contribution in [0.2, 0.25) is 10.0 Å². The fourth-order valence-electron chi connectivity index (χ4n) is 2.65. The minimum absolute atomic E-state index is 0.283. The first-order valence-corrected chi connectivity index (χ1v) is 10.6. The second kappa shape index (κ2) is 8.29. The van der Waals surface area contributed by atoms with Gasteiger partial charge in [0.1, 0.15) is 6.04 Å². The van der Waals surface area contributed by atoms with Crippen LogP contribution in [0.3, 0.4) is 0 Å². The van der Waals surface area contributed by atoms with Crippen LogP contribution in [-0.2, 0) is 14.8 Å². The van der Waals surface area contributed by atoms with Crippen LogP contribution in [0.4, 0.5) is 11.4 Å². The van der Waals surface area contributed by atoms with Crippen molar-refractivity contribution in [3.8, 4) is 0 Å². The van der Waals surface area contributed by atoms with E-state index < -0.39 is 22.0 Å². The fraction of sp³-hybridized carbons (Fsp3) is 0.278. The van der Waals surface area contributed by atoms with E-state index in [4.69, 9.17) is 23.2 Å². The second-order valence-electron chi connectivity index (χ2n) is 5.91. The zero-order valence-electron chi connectivity index (χ0n) is 14.7. The molecule has 1 amide bonds. The van der Waals surface area contributed by atoms with Crippen LogP contribution in [-0.4, -0.2) is 26.6 Å². The van der Waals surface area contributed by atoms with E-state index in [0.717, 1.165) is 10.6 Å². The summed E-state index contributed by atoms with van der Waals surface area (Å²) in [7, 11) is -3.73. The number of nitrogens with zero attached hydrogens (tertiary/aromatic N) is 1. The predicted molar refractivity (Wildman–Crippen MR) is 108 cm³/mol. The Morgan fingerprint density at radius 1 is 1.15 bits per heavy atom. The van der Waals surface area contributed by atoms with Gasteiger partial charge in [0.15, 0.2) is 0 Å². The molecule has 140 valence electrons. The second-order valence-corrected chi connectivity index (χ2v) is 8.65. The van der Waals surface area contributed by atoms with Crippen molar-refractivity contribution in [2.75, 3.05) is 15.9 Å². The average molecular weight is 415 g/mol. The number of benzene rings is 2. The van der Waals surface area contributed by atoms with Crippen LogP contribution in [0, 0.1) is 6.92 Å². The zero-order chi connectivity index (χ0) is 19.5. The van der Waals surface area contributed by atoms with E-state index in [2.05, 4.69) is 5.32 Å². The number of anilines is 2. The molecule has 0 fully saturated rings. The van der Waals surface area contributed by atoms with Crippen molar-refractivity contribution >= 4 is 50.5 Å². The molecule has 0 heterocycles. The summed E-state index contributed by atoms with van der Waals surface area (Å²) in [6.07, 6.45) is 1.36. The summed E-state index contributed by atoms with van der Waals surface area (Å²) >= 11 is 12.0. The molecular weight excluding hydrogens is 395 g/mol. The summed E-state index contributed by atoms with van der Waals surface area (Å²) in [5.74, 6) is -0.445. The highest BCUT2D eigenvalue weighted by Gasteiger charge is 2.32. The van der Waals surface area contributed by atoms with Crippen molar-refractivity contribution in [1.29, 1.82) is 0 Å². The Morgan fingerprint density at radius 2 is 1.81 bits per heavy atom. The molecule has 0 aliphatic carbocycles. The summed E-state index contributed by atoms with van der Waals surface area (Å²) in [6.45, 7) is 3.52. The van der Waals surface area contributed by atoms with Gasteiger partial charge in [-0.05, 0) is 49.2 Å². The number of rotatable bonds is 6. The van der Waals surface area contributed by atoms with E-state index in [0.29, 0.717) is 27.0 Å². The lowest BCUT2D eigenvalue weighted by Crippen LogP contribution is -2.47. The summed E-state index contributed by atoms with van der Waals surface area (Å²) in [6, 6.07) is 10.7. The molecule has 0 unspecified atom stereocenters. The smallest absolute Gasteiger partial charge is 0.248 e. The van der Waals surface area contributed by atoms with Crippen LogP contribution in [0.5, 0.6) is 0 Å². The Labute approximate surface area is 164 Å². The van der Waals surface area contributed by atoms with Crippen molar-refractivity contribution in [1.82, 2.24) is 0 Å². The molecule has 0 aliphatic rings. The quantitative estimate of drug-likeness (QED) is 0.756. The van der Waals surface area contributed by atoms with E-state index in [-0.39, 0.29) is 6.42 Å². The van der Waals surface area contributed by atoms with E-state index in [1.807, 2.05) is 0 Å². The Morgan fingerprint density at radius 3 is 2.38 bits per heavy atom. The minimum Gasteiger partial charge on any atom is -0.324 e. The maximum Gasteiger partial charge on any atom is 0.248 e. The molecule has 0 saturated heterocycles. The van der Waals surface area contributed by atoms with Gasteiger partial charge in [0.2, 0.25) is 15.9 Å². The maximum atomic E-state index is 12.8. The molecule has 5 nitrogen and oxygen atoms in total. The van der Waals surface area contributed by atoms with Crippen molar-refractivity contribution in [2.45, 2.75) is 26.3 Å². The summed E-state index contributed by atoms with van der Waals surface area (Å²) in [5.41, 5.74) is 1.58. The Bertz CT molecular complexity index is 916. The molecule has 2 aromatic carbocycles. The molecule has 1 atom stereocenters. The largest absolute Gasteiger partial charge is 0.324 e. The molecular formula is C18H20Cl2N2O3S. The first kappa shape index (κ1) is 20.6. The highest BCUT2D eigenvalue weighted by Crippen LogP contribution is 2.29. The summed E-state index contributed by atoms with van der Waals surface area (Å²) in [5, 5.41) is 3.59. The molecule has 26 heavy (non-hydrogen) atoms. The number of sulfonamides is 1. The van der Waals surface area contributed by atoms with E-state index in [9.17, 15) is 13.2 Å². The van der Waals surface area contributed by atoms with Gasteiger partial charge in [0.25, 0.3) is 0 Å². The molecule has 1 N–H and O–H groups in total. The summed E-state index contributed by atoms with van der Waals surface area (Å²) < 4.78 is 26.1. The lowest BCUT2D eigenvalue weighted by molar-refractivity contribution is -0.117. The number of nitrogens with one attached hydrogen (secondary N) is 1. The predicted octanol–water partition coefficient (Wildman–Crippen LogP) is 4.49. The molecule has 2 rings (SSSR count).